The smallest absolute Gasteiger partial charge is 0.401 e. The molecule has 1 unspecified atom stereocenters. The maximum Gasteiger partial charge on any atom is 0.401 e. The highest BCUT2D eigenvalue weighted by molar-refractivity contribution is 5.78. The Labute approximate surface area is 112 Å². The largest absolute Gasteiger partial charge is 0.480 e. The summed E-state index contributed by atoms with van der Waals surface area (Å²) in [7, 11) is 0. The number of nitrogens with one attached hydrogen (secondary N) is 1. The number of carboxylic acids is 1. The lowest BCUT2D eigenvalue weighted by Crippen LogP contribution is -2.52. The minimum Gasteiger partial charge on any atom is -0.480 e. The maximum atomic E-state index is 12.3. The molecule has 0 aliphatic rings. The van der Waals surface area contributed by atoms with Gasteiger partial charge >= 0.3 is 12.1 Å². The van der Waals surface area contributed by atoms with Gasteiger partial charge in [-0.3, -0.25) is 9.69 Å². The van der Waals surface area contributed by atoms with E-state index < -0.39 is 24.2 Å². The summed E-state index contributed by atoms with van der Waals surface area (Å²) in [5, 5.41) is 12.1. The highest BCUT2D eigenvalue weighted by atomic mass is 19.4. The second-order valence-electron chi connectivity index (χ2n) is 4.80. The number of hydrogen-bond acceptors (Lipinski definition) is 3. The summed E-state index contributed by atoms with van der Waals surface area (Å²) in [4.78, 5) is 12.4. The van der Waals surface area contributed by atoms with Crippen molar-refractivity contribution < 1.29 is 23.1 Å². The summed E-state index contributed by atoms with van der Waals surface area (Å²) < 4.78 is 36.9. The SMILES string of the molecule is CCCNC(C)(CCN(CC)CC(F)(F)F)C(=O)O. The number of rotatable bonds is 9. The number of aliphatic carboxylic acids is 1. The van der Waals surface area contributed by atoms with E-state index in [4.69, 9.17) is 0 Å². The average Bonchev–Trinajstić information content (AvgIpc) is 2.30. The first-order valence-corrected chi connectivity index (χ1v) is 6.42. The highest BCUT2D eigenvalue weighted by Crippen LogP contribution is 2.18. The molecule has 1 atom stereocenters. The minimum atomic E-state index is -4.26. The lowest BCUT2D eigenvalue weighted by molar-refractivity contribution is -0.148. The van der Waals surface area contributed by atoms with Crippen molar-refractivity contribution in [2.75, 3.05) is 26.2 Å². The number of nitrogens with zero attached hydrogens (tertiary/aromatic N) is 1. The lowest BCUT2D eigenvalue weighted by Gasteiger charge is -2.30. The van der Waals surface area contributed by atoms with Crippen LogP contribution in [0.15, 0.2) is 0 Å². The van der Waals surface area contributed by atoms with E-state index >= 15 is 0 Å². The van der Waals surface area contributed by atoms with Crippen LogP contribution < -0.4 is 5.32 Å². The van der Waals surface area contributed by atoms with Crippen LogP contribution in [0.1, 0.15) is 33.6 Å². The van der Waals surface area contributed by atoms with Crippen molar-refractivity contribution in [2.24, 2.45) is 0 Å². The van der Waals surface area contributed by atoms with Crippen molar-refractivity contribution in [1.82, 2.24) is 10.2 Å². The Morgan fingerprint density at radius 1 is 1.32 bits per heavy atom. The second kappa shape index (κ2) is 7.69. The first-order chi connectivity index (χ1) is 8.64. The molecule has 0 aromatic rings. The topological polar surface area (TPSA) is 52.6 Å². The van der Waals surface area contributed by atoms with Crippen LogP contribution in [0, 0.1) is 0 Å². The van der Waals surface area contributed by atoms with Gasteiger partial charge in [-0.2, -0.15) is 13.2 Å². The third-order valence-corrected chi connectivity index (χ3v) is 3.02. The van der Waals surface area contributed by atoms with E-state index in [9.17, 15) is 23.1 Å². The molecular weight excluding hydrogens is 261 g/mol. The fourth-order valence-corrected chi connectivity index (χ4v) is 1.66. The minimum absolute atomic E-state index is 0.0928. The van der Waals surface area contributed by atoms with Crippen molar-refractivity contribution in [3.8, 4) is 0 Å². The molecule has 0 rings (SSSR count). The normalized spacial score (nSPS) is 15.5. The van der Waals surface area contributed by atoms with Crippen LogP contribution >= 0.6 is 0 Å². The Bertz CT molecular complexity index is 285. The molecule has 0 saturated carbocycles. The van der Waals surface area contributed by atoms with Crippen molar-refractivity contribution in [2.45, 2.75) is 45.3 Å². The van der Waals surface area contributed by atoms with Crippen molar-refractivity contribution >= 4 is 5.97 Å². The summed E-state index contributed by atoms with van der Waals surface area (Å²) in [5.41, 5.74) is -1.19. The van der Waals surface area contributed by atoms with Crippen molar-refractivity contribution in [1.29, 1.82) is 0 Å². The summed E-state index contributed by atoms with van der Waals surface area (Å²) >= 11 is 0. The van der Waals surface area contributed by atoms with E-state index in [-0.39, 0.29) is 19.5 Å². The molecule has 0 amide bonds. The predicted octanol–water partition coefficient (Wildman–Crippen LogP) is 2.10. The van der Waals surface area contributed by atoms with Gasteiger partial charge in [0.05, 0.1) is 6.54 Å². The van der Waals surface area contributed by atoms with E-state index in [0.29, 0.717) is 6.54 Å². The van der Waals surface area contributed by atoms with Gasteiger partial charge in [0.1, 0.15) is 5.54 Å². The summed E-state index contributed by atoms with van der Waals surface area (Å²) in [6.07, 6.45) is -3.36. The first-order valence-electron chi connectivity index (χ1n) is 6.42. The molecule has 0 bridgehead atoms. The summed E-state index contributed by atoms with van der Waals surface area (Å²) in [6.45, 7) is 4.88. The quantitative estimate of drug-likeness (QED) is 0.681. The van der Waals surface area contributed by atoms with Gasteiger partial charge in [-0.1, -0.05) is 13.8 Å². The standard InChI is InChI=1S/C12H23F3N2O2/c1-4-7-16-11(3,10(18)19)6-8-17(5-2)9-12(13,14)15/h16H,4-9H2,1-3H3,(H,18,19). The van der Waals surface area contributed by atoms with Gasteiger partial charge in [-0.15, -0.1) is 0 Å². The molecule has 2 N–H and O–H groups in total. The van der Waals surface area contributed by atoms with Crippen LogP contribution in [0.25, 0.3) is 0 Å². The van der Waals surface area contributed by atoms with E-state index in [2.05, 4.69) is 5.32 Å². The first kappa shape index (κ1) is 18.2. The number of carbonyl (C=O) groups is 1. The highest BCUT2D eigenvalue weighted by Gasteiger charge is 2.34. The predicted molar refractivity (Wildman–Crippen MR) is 67.1 cm³/mol. The summed E-state index contributed by atoms with van der Waals surface area (Å²) in [5.74, 6) is -1.04. The third kappa shape index (κ3) is 7.37. The van der Waals surface area contributed by atoms with Crippen LogP contribution in [0.5, 0.6) is 0 Å². The van der Waals surface area contributed by atoms with Crippen LogP contribution in [-0.4, -0.2) is 53.9 Å². The molecule has 0 spiro atoms. The molecule has 0 saturated heterocycles. The van der Waals surface area contributed by atoms with Gasteiger partial charge in [0.15, 0.2) is 0 Å². The summed E-state index contributed by atoms with van der Waals surface area (Å²) in [6, 6.07) is 0. The number of halogens is 3. The van der Waals surface area contributed by atoms with E-state index in [1.54, 1.807) is 6.92 Å². The lowest BCUT2D eigenvalue weighted by atomic mass is 9.97. The number of alkyl halides is 3. The molecule has 7 heteroatoms. The monoisotopic (exact) mass is 284 g/mol. The molecule has 0 aliphatic heterocycles. The third-order valence-electron chi connectivity index (χ3n) is 3.02. The number of carboxylic acid groups (broad SMARTS) is 1. The van der Waals surface area contributed by atoms with Gasteiger partial charge in [-0.25, -0.2) is 0 Å². The Kier molecular flexibility index (Phi) is 7.36. The zero-order valence-corrected chi connectivity index (χ0v) is 11.7. The van der Waals surface area contributed by atoms with E-state index in [1.165, 1.54) is 11.8 Å². The molecule has 0 fully saturated rings. The molecule has 0 radical (unpaired) electrons. The van der Waals surface area contributed by atoms with Gasteiger partial charge in [-0.05, 0) is 32.9 Å². The Balaban J connectivity index is 4.48. The average molecular weight is 284 g/mol. The molecule has 0 aromatic carbocycles. The second-order valence-corrected chi connectivity index (χ2v) is 4.80. The molecule has 4 nitrogen and oxygen atoms in total. The van der Waals surface area contributed by atoms with E-state index in [1.807, 2.05) is 6.92 Å². The Morgan fingerprint density at radius 3 is 2.26 bits per heavy atom. The van der Waals surface area contributed by atoms with Gasteiger partial charge in [0.25, 0.3) is 0 Å². The molecule has 19 heavy (non-hydrogen) atoms. The van der Waals surface area contributed by atoms with Crippen molar-refractivity contribution in [3.05, 3.63) is 0 Å². The molecule has 114 valence electrons. The van der Waals surface area contributed by atoms with Crippen LogP contribution in [0.2, 0.25) is 0 Å². The molecule has 0 aromatic heterocycles. The van der Waals surface area contributed by atoms with Gasteiger partial charge in [0, 0.05) is 6.54 Å². The van der Waals surface area contributed by atoms with Gasteiger partial charge in [0.2, 0.25) is 0 Å². The molecular formula is C12H23F3N2O2. The molecule has 0 heterocycles. The zero-order valence-electron chi connectivity index (χ0n) is 11.7. The zero-order chi connectivity index (χ0) is 15.1. The fourth-order valence-electron chi connectivity index (χ4n) is 1.66. The van der Waals surface area contributed by atoms with Crippen LogP contribution in [0.3, 0.4) is 0 Å². The molecule has 0 aliphatic carbocycles. The van der Waals surface area contributed by atoms with Gasteiger partial charge < -0.3 is 10.4 Å². The number of hydrogen-bond donors (Lipinski definition) is 2. The van der Waals surface area contributed by atoms with Crippen molar-refractivity contribution in [3.63, 3.8) is 0 Å². The van der Waals surface area contributed by atoms with Crippen LogP contribution in [-0.2, 0) is 4.79 Å². The van der Waals surface area contributed by atoms with E-state index in [0.717, 1.165) is 6.42 Å². The Hall–Kier alpha value is -0.820. The van der Waals surface area contributed by atoms with Crippen LogP contribution in [0.4, 0.5) is 13.2 Å². The fraction of sp³-hybridized carbons (Fsp3) is 0.917. The Morgan fingerprint density at radius 2 is 1.89 bits per heavy atom. The maximum absolute atomic E-state index is 12.3.